The average Bonchev–Trinajstić information content (AvgIpc) is 3.02. The van der Waals surface area contributed by atoms with Gasteiger partial charge in [-0.15, -0.1) is 0 Å². The molecule has 2 heterocycles. The number of fused-ring (bicyclic) bond motifs is 2. The first-order chi connectivity index (χ1) is 12.1. The predicted octanol–water partition coefficient (Wildman–Crippen LogP) is 2.67. The van der Waals surface area contributed by atoms with E-state index in [1.54, 1.807) is 4.90 Å². The van der Waals surface area contributed by atoms with E-state index in [2.05, 4.69) is 0 Å². The number of primary amides is 1. The van der Waals surface area contributed by atoms with Gasteiger partial charge < -0.3 is 15.1 Å². The molecule has 0 fully saturated rings. The van der Waals surface area contributed by atoms with Gasteiger partial charge in [-0.3, -0.25) is 9.59 Å². The number of carbonyl (C=O) groups is 2. The maximum Gasteiger partial charge on any atom is 0.234 e. The second kappa shape index (κ2) is 6.09. The summed E-state index contributed by atoms with van der Waals surface area (Å²) < 4.78 is 5.75. The third-order valence-corrected chi connectivity index (χ3v) is 4.66. The Morgan fingerprint density at radius 2 is 1.88 bits per heavy atom. The van der Waals surface area contributed by atoms with Crippen molar-refractivity contribution in [3.63, 3.8) is 0 Å². The topological polar surface area (TPSA) is 76.5 Å². The number of carbonyl (C=O) groups excluding carboxylic acids is 2. The zero-order chi connectivity index (χ0) is 17.4. The molecule has 2 N–H and O–H groups in total. The molecule has 0 saturated heterocycles. The molecule has 3 aromatic rings. The van der Waals surface area contributed by atoms with Gasteiger partial charge in [0.05, 0.1) is 12.3 Å². The van der Waals surface area contributed by atoms with Crippen LogP contribution in [0.3, 0.4) is 0 Å². The van der Waals surface area contributed by atoms with Crippen molar-refractivity contribution in [1.29, 1.82) is 0 Å². The Labute approximate surface area is 145 Å². The number of amides is 2. The molecule has 2 aromatic carbocycles. The van der Waals surface area contributed by atoms with Crippen molar-refractivity contribution in [2.75, 3.05) is 11.4 Å². The van der Waals surface area contributed by atoms with Crippen molar-refractivity contribution in [3.8, 4) is 0 Å². The van der Waals surface area contributed by atoms with E-state index in [1.165, 1.54) is 0 Å². The van der Waals surface area contributed by atoms with Gasteiger partial charge in [0.15, 0.2) is 0 Å². The molecule has 1 unspecified atom stereocenters. The maximum atomic E-state index is 12.9. The van der Waals surface area contributed by atoms with E-state index < -0.39 is 0 Å². The number of rotatable bonds is 3. The monoisotopic (exact) mass is 334 g/mol. The van der Waals surface area contributed by atoms with Crippen LogP contribution in [0.1, 0.15) is 11.3 Å². The first-order valence-corrected chi connectivity index (χ1v) is 8.27. The van der Waals surface area contributed by atoms with Crippen LogP contribution in [0.15, 0.2) is 59.0 Å². The molecule has 1 aromatic heterocycles. The van der Waals surface area contributed by atoms with E-state index in [0.29, 0.717) is 18.7 Å². The highest BCUT2D eigenvalue weighted by molar-refractivity contribution is 5.97. The zero-order valence-electron chi connectivity index (χ0n) is 13.6. The van der Waals surface area contributed by atoms with Gasteiger partial charge in [0, 0.05) is 17.6 Å². The van der Waals surface area contributed by atoms with Crippen LogP contribution in [0.25, 0.3) is 11.0 Å². The van der Waals surface area contributed by atoms with Gasteiger partial charge >= 0.3 is 0 Å². The largest absolute Gasteiger partial charge is 0.461 e. The first-order valence-electron chi connectivity index (χ1n) is 8.27. The molecular weight excluding hydrogens is 316 g/mol. The van der Waals surface area contributed by atoms with Crippen molar-refractivity contribution in [2.24, 2.45) is 11.7 Å². The normalized spacial score (nSPS) is 16.6. The van der Waals surface area contributed by atoms with Crippen LogP contribution in [0.5, 0.6) is 0 Å². The number of furan rings is 1. The minimum atomic E-state index is -0.379. The second-order valence-corrected chi connectivity index (χ2v) is 6.36. The summed E-state index contributed by atoms with van der Waals surface area (Å²) in [5.41, 5.74) is 8.07. The number of hydrogen-bond donors (Lipinski definition) is 1. The molecule has 0 spiro atoms. The van der Waals surface area contributed by atoms with Gasteiger partial charge in [-0.1, -0.05) is 36.4 Å². The van der Waals surface area contributed by atoms with Crippen LogP contribution >= 0.6 is 0 Å². The van der Waals surface area contributed by atoms with Gasteiger partial charge in [-0.25, -0.2) is 0 Å². The lowest BCUT2D eigenvalue weighted by Gasteiger charge is -2.33. The molecule has 2 amide bonds. The number of para-hydroxylation sites is 2. The molecule has 25 heavy (non-hydrogen) atoms. The van der Waals surface area contributed by atoms with Gasteiger partial charge in [-0.2, -0.15) is 0 Å². The standard InChI is InChI=1S/C20H18N2O3/c21-20(24)15-9-13-5-1-3-7-17(13)22(12-15)19(23)11-16-10-14-6-2-4-8-18(14)25-16/h1-8,10,15H,9,11-12H2,(H2,21,24). The summed E-state index contributed by atoms with van der Waals surface area (Å²) in [6.45, 7) is 0.311. The maximum absolute atomic E-state index is 12.9. The summed E-state index contributed by atoms with van der Waals surface area (Å²) in [5, 5.41) is 0.972. The van der Waals surface area contributed by atoms with E-state index in [0.717, 1.165) is 22.2 Å². The smallest absolute Gasteiger partial charge is 0.234 e. The van der Waals surface area contributed by atoms with Crippen molar-refractivity contribution in [2.45, 2.75) is 12.8 Å². The van der Waals surface area contributed by atoms with Crippen LogP contribution in [0.2, 0.25) is 0 Å². The predicted molar refractivity (Wildman–Crippen MR) is 95.1 cm³/mol. The van der Waals surface area contributed by atoms with E-state index in [-0.39, 0.29) is 24.2 Å². The SMILES string of the molecule is NC(=O)C1Cc2ccccc2N(C(=O)Cc2cc3ccccc3o2)C1. The summed E-state index contributed by atoms with van der Waals surface area (Å²) in [7, 11) is 0. The number of hydrogen-bond acceptors (Lipinski definition) is 3. The highest BCUT2D eigenvalue weighted by atomic mass is 16.3. The number of nitrogens with two attached hydrogens (primary N) is 1. The third kappa shape index (κ3) is 2.89. The van der Waals surface area contributed by atoms with Gasteiger partial charge in [0.1, 0.15) is 11.3 Å². The Hall–Kier alpha value is -3.08. The summed E-state index contributed by atoms with van der Waals surface area (Å²) in [6.07, 6.45) is 0.717. The summed E-state index contributed by atoms with van der Waals surface area (Å²) in [6, 6.07) is 17.2. The fourth-order valence-corrected chi connectivity index (χ4v) is 3.39. The van der Waals surface area contributed by atoms with Crippen molar-refractivity contribution in [3.05, 3.63) is 65.9 Å². The lowest BCUT2D eigenvalue weighted by atomic mass is 9.91. The van der Waals surface area contributed by atoms with E-state index in [1.807, 2.05) is 54.6 Å². The molecule has 5 heteroatoms. The fourth-order valence-electron chi connectivity index (χ4n) is 3.39. The summed E-state index contributed by atoms with van der Waals surface area (Å²) in [4.78, 5) is 26.2. The minimum absolute atomic E-state index is 0.0996. The Morgan fingerprint density at radius 3 is 2.68 bits per heavy atom. The highest BCUT2D eigenvalue weighted by Gasteiger charge is 2.31. The molecular formula is C20H18N2O3. The zero-order valence-corrected chi connectivity index (χ0v) is 13.6. The third-order valence-electron chi connectivity index (χ3n) is 4.66. The summed E-state index contributed by atoms with van der Waals surface area (Å²) in [5.74, 6) is -0.229. The Kier molecular flexibility index (Phi) is 3.76. The molecule has 5 nitrogen and oxygen atoms in total. The molecule has 1 aliphatic heterocycles. The van der Waals surface area contributed by atoms with Gasteiger partial charge in [0.2, 0.25) is 11.8 Å². The average molecular weight is 334 g/mol. The molecule has 1 aliphatic rings. The molecule has 0 saturated carbocycles. The molecule has 4 rings (SSSR count). The minimum Gasteiger partial charge on any atom is -0.461 e. The number of anilines is 1. The summed E-state index contributed by atoms with van der Waals surface area (Å²) >= 11 is 0. The van der Waals surface area contributed by atoms with Crippen molar-refractivity contribution < 1.29 is 14.0 Å². The van der Waals surface area contributed by atoms with Crippen LogP contribution in [-0.2, 0) is 22.4 Å². The number of nitrogens with zero attached hydrogens (tertiary/aromatic N) is 1. The van der Waals surface area contributed by atoms with Crippen molar-refractivity contribution in [1.82, 2.24) is 0 Å². The van der Waals surface area contributed by atoms with Crippen LogP contribution in [0, 0.1) is 5.92 Å². The van der Waals surface area contributed by atoms with E-state index in [4.69, 9.17) is 10.2 Å². The molecule has 0 radical (unpaired) electrons. The fraction of sp³-hybridized carbons (Fsp3) is 0.200. The first kappa shape index (κ1) is 15.4. The van der Waals surface area contributed by atoms with Crippen LogP contribution in [0.4, 0.5) is 5.69 Å². The molecule has 0 bridgehead atoms. The van der Waals surface area contributed by atoms with Gasteiger partial charge in [-0.05, 0) is 30.2 Å². The highest BCUT2D eigenvalue weighted by Crippen LogP contribution is 2.30. The van der Waals surface area contributed by atoms with Gasteiger partial charge in [0.25, 0.3) is 0 Å². The second-order valence-electron chi connectivity index (χ2n) is 6.36. The quantitative estimate of drug-likeness (QED) is 0.800. The Bertz CT molecular complexity index is 927. The number of benzene rings is 2. The van der Waals surface area contributed by atoms with E-state index >= 15 is 0 Å². The van der Waals surface area contributed by atoms with Crippen LogP contribution < -0.4 is 10.6 Å². The van der Waals surface area contributed by atoms with Crippen molar-refractivity contribution >= 4 is 28.5 Å². The molecule has 126 valence electrons. The Balaban J connectivity index is 1.63. The Morgan fingerprint density at radius 1 is 1.12 bits per heavy atom. The van der Waals surface area contributed by atoms with Crippen LogP contribution in [-0.4, -0.2) is 18.4 Å². The lowest BCUT2D eigenvalue weighted by molar-refractivity contribution is -0.122. The molecule has 0 aliphatic carbocycles. The molecule has 1 atom stereocenters. The van der Waals surface area contributed by atoms with E-state index in [9.17, 15) is 9.59 Å². The lowest BCUT2D eigenvalue weighted by Crippen LogP contribution is -2.45.